The van der Waals surface area contributed by atoms with Gasteiger partial charge in [0.05, 0.1) is 5.75 Å². The zero-order valence-corrected chi connectivity index (χ0v) is 13.3. The van der Waals surface area contributed by atoms with Crippen molar-refractivity contribution >= 4 is 34.3 Å². The van der Waals surface area contributed by atoms with E-state index < -0.39 is 0 Å². The van der Waals surface area contributed by atoms with E-state index >= 15 is 0 Å². The number of carbonyl (C=O) groups is 1. The van der Waals surface area contributed by atoms with Crippen LogP contribution in [0.2, 0.25) is 0 Å². The van der Waals surface area contributed by atoms with Crippen LogP contribution in [0, 0.1) is 18.3 Å². The second kappa shape index (κ2) is 6.14. The predicted octanol–water partition coefficient (Wildman–Crippen LogP) is 2.47. The van der Waals surface area contributed by atoms with E-state index in [9.17, 15) is 4.79 Å². The number of nitrogens with one attached hydrogen (secondary N) is 1. The van der Waals surface area contributed by atoms with E-state index in [2.05, 4.69) is 15.5 Å². The molecule has 0 aliphatic rings. The fourth-order valence-electron chi connectivity index (χ4n) is 2.07. The van der Waals surface area contributed by atoms with E-state index in [4.69, 9.17) is 9.68 Å². The molecular formula is C15H13N5O2S. The van der Waals surface area contributed by atoms with Gasteiger partial charge in [0.15, 0.2) is 5.16 Å². The van der Waals surface area contributed by atoms with Crippen LogP contribution in [0.3, 0.4) is 0 Å². The van der Waals surface area contributed by atoms with E-state index in [1.807, 2.05) is 36.7 Å². The Morgan fingerprint density at radius 3 is 2.91 bits per heavy atom. The maximum Gasteiger partial charge on any atom is 0.234 e. The Morgan fingerprint density at radius 1 is 1.43 bits per heavy atom. The molecule has 2 heterocycles. The molecule has 1 aromatic carbocycles. The van der Waals surface area contributed by atoms with Gasteiger partial charge in [-0.2, -0.15) is 5.26 Å². The number of hydrogen-bond acceptors (Lipinski definition) is 6. The molecule has 0 fully saturated rings. The highest BCUT2D eigenvalue weighted by Gasteiger charge is 2.17. The molecule has 7 nitrogen and oxygen atoms in total. The Balaban J connectivity index is 1.75. The first-order valence-corrected chi connectivity index (χ1v) is 7.79. The topological polar surface area (TPSA) is 96.7 Å². The van der Waals surface area contributed by atoms with Gasteiger partial charge in [0, 0.05) is 12.4 Å². The highest BCUT2D eigenvalue weighted by molar-refractivity contribution is 7.99. The van der Waals surface area contributed by atoms with Crippen molar-refractivity contribution in [2.24, 2.45) is 7.05 Å². The fourth-order valence-corrected chi connectivity index (χ4v) is 2.82. The van der Waals surface area contributed by atoms with E-state index in [1.165, 1.54) is 11.8 Å². The quantitative estimate of drug-likeness (QED) is 0.739. The molecule has 0 radical (unpaired) electrons. The van der Waals surface area contributed by atoms with Crippen molar-refractivity contribution in [2.75, 3.05) is 11.1 Å². The van der Waals surface area contributed by atoms with Crippen LogP contribution < -0.4 is 5.32 Å². The number of anilines is 1. The Bertz CT molecular complexity index is 922. The molecule has 0 aliphatic carbocycles. The summed E-state index contributed by atoms with van der Waals surface area (Å²) in [6, 6.07) is 9.15. The molecule has 0 saturated heterocycles. The summed E-state index contributed by atoms with van der Waals surface area (Å²) in [4.78, 5) is 12.2. The molecule has 3 rings (SSSR count). The smallest absolute Gasteiger partial charge is 0.234 e. The summed E-state index contributed by atoms with van der Waals surface area (Å²) in [7, 11) is 1.84. The molecule has 3 aromatic rings. The zero-order chi connectivity index (χ0) is 16.4. The monoisotopic (exact) mass is 327 g/mol. The summed E-state index contributed by atoms with van der Waals surface area (Å²) < 4.78 is 7.24. The standard InChI is InChI=1S/C15H13N5O2S/c1-9-18-19-15(20(9)2)23-8-13(21)17-14-10-5-3-4-6-11(10)22-12(14)7-16/h3-6H,8H2,1-2H3,(H,17,21). The molecule has 0 bridgehead atoms. The first-order valence-electron chi connectivity index (χ1n) is 6.80. The lowest BCUT2D eigenvalue weighted by Crippen LogP contribution is -2.15. The molecule has 23 heavy (non-hydrogen) atoms. The number of hydrogen-bond donors (Lipinski definition) is 1. The number of aryl methyl sites for hydroxylation is 1. The highest BCUT2D eigenvalue weighted by Crippen LogP contribution is 2.30. The maximum absolute atomic E-state index is 12.2. The first-order chi connectivity index (χ1) is 11.1. The third-order valence-electron chi connectivity index (χ3n) is 3.35. The molecule has 1 amide bonds. The van der Waals surface area contributed by atoms with E-state index in [-0.39, 0.29) is 17.4 Å². The lowest BCUT2D eigenvalue weighted by molar-refractivity contribution is -0.113. The molecule has 2 aromatic heterocycles. The SMILES string of the molecule is Cc1nnc(SCC(=O)Nc2c(C#N)oc3ccccc23)n1C. The largest absolute Gasteiger partial charge is 0.443 e. The van der Waals surface area contributed by atoms with Gasteiger partial charge in [-0.1, -0.05) is 23.9 Å². The summed E-state index contributed by atoms with van der Waals surface area (Å²) in [5.74, 6) is 0.800. The Morgan fingerprint density at radius 2 is 2.22 bits per heavy atom. The summed E-state index contributed by atoms with van der Waals surface area (Å²) in [5, 5.41) is 21.2. The third kappa shape index (κ3) is 2.91. The van der Waals surface area contributed by atoms with Gasteiger partial charge in [0.1, 0.15) is 23.2 Å². The van der Waals surface area contributed by atoms with Gasteiger partial charge in [-0.15, -0.1) is 10.2 Å². The van der Waals surface area contributed by atoms with Crippen molar-refractivity contribution in [2.45, 2.75) is 12.1 Å². The van der Waals surface area contributed by atoms with Crippen molar-refractivity contribution in [3.8, 4) is 6.07 Å². The van der Waals surface area contributed by atoms with Crippen LogP contribution in [0.15, 0.2) is 33.8 Å². The van der Waals surface area contributed by atoms with Crippen LogP contribution in [-0.4, -0.2) is 26.4 Å². The van der Waals surface area contributed by atoms with Crippen LogP contribution >= 0.6 is 11.8 Å². The third-order valence-corrected chi connectivity index (χ3v) is 4.37. The molecule has 0 atom stereocenters. The van der Waals surface area contributed by atoms with E-state index in [0.29, 0.717) is 21.8 Å². The molecule has 0 spiro atoms. The molecule has 0 saturated carbocycles. The molecule has 0 aliphatic heterocycles. The average Bonchev–Trinajstić information content (AvgIpc) is 3.07. The number of fused-ring (bicyclic) bond motifs is 1. The molecule has 1 N–H and O–H groups in total. The van der Waals surface area contributed by atoms with Gasteiger partial charge in [-0.05, 0) is 19.1 Å². The Hall–Kier alpha value is -2.79. The number of carbonyl (C=O) groups excluding carboxylic acids is 1. The summed E-state index contributed by atoms with van der Waals surface area (Å²) >= 11 is 1.28. The number of thioether (sulfide) groups is 1. The zero-order valence-electron chi connectivity index (χ0n) is 12.5. The Labute approximate surface area is 136 Å². The van der Waals surface area contributed by atoms with Crippen LogP contribution in [-0.2, 0) is 11.8 Å². The van der Waals surface area contributed by atoms with Crippen LogP contribution in [0.4, 0.5) is 5.69 Å². The van der Waals surface area contributed by atoms with Crippen molar-refractivity contribution in [1.29, 1.82) is 5.26 Å². The Kier molecular flexibility index (Phi) is 4.04. The van der Waals surface area contributed by atoms with Gasteiger partial charge in [0.25, 0.3) is 0 Å². The summed E-state index contributed by atoms with van der Waals surface area (Å²) in [5.41, 5.74) is 0.971. The van der Waals surface area contributed by atoms with Crippen molar-refractivity contribution in [3.05, 3.63) is 35.9 Å². The molecular weight excluding hydrogens is 314 g/mol. The van der Waals surface area contributed by atoms with E-state index in [1.54, 1.807) is 12.1 Å². The van der Waals surface area contributed by atoms with E-state index in [0.717, 1.165) is 5.82 Å². The average molecular weight is 327 g/mol. The minimum Gasteiger partial charge on any atom is -0.443 e. The number of para-hydroxylation sites is 1. The lowest BCUT2D eigenvalue weighted by Gasteiger charge is -2.04. The number of amides is 1. The molecule has 0 unspecified atom stereocenters. The summed E-state index contributed by atoms with van der Waals surface area (Å²) in [6.07, 6.45) is 0. The first kappa shape index (κ1) is 15.1. The normalized spacial score (nSPS) is 10.7. The minimum absolute atomic E-state index is 0.0963. The lowest BCUT2D eigenvalue weighted by atomic mass is 10.2. The highest BCUT2D eigenvalue weighted by atomic mass is 32.2. The number of benzene rings is 1. The van der Waals surface area contributed by atoms with Crippen molar-refractivity contribution < 1.29 is 9.21 Å². The van der Waals surface area contributed by atoms with Gasteiger partial charge in [-0.3, -0.25) is 4.79 Å². The van der Waals surface area contributed by atoms with Crippen LogP contribution in [0.25, 0.3) is 11.0 Å². The number of nitriles is 1. The van der Waals surface area contributed by atoms with Gasteiger partial charge < -0.3 is 14.3 Å². The summed E-state index contributed by atoms with van der Waals surface area (Å²) in [6.45, 7) is 1.84. The van der Waals surface area contributed by atoms with Crippen LogP contribution in [0.1, 0.15) is 11.6 Å². The van der Waals surface area contributed by atoms with Gasteiger partial charge in [0.2, 0.25) is 11.7 Å². The molecule has 116 valence electrons. The fraction of sp³-hybridized carbons (Fsp3) is 0.200. The number of nitrogens with zero attached hydrogens (tertiary/aromatic N) is 4. The van der Waals surface area contributed by atoms with Crippen LogP contribution in [0.5, 0.6) is 0 Å². The second-order valence-corrected chi connectivity index (χ2v) is 5.78. The number of rotatable bonds is 4. The minimum atomic E-state index is -0.237. The predicted molar refractivity (Wildman–Crippen MR) is 86.0 cm³/mol. The molecule has 8 heteroatoms. The van der Waals surface area contributed by atoms with Crippen molar-refractivity contribution in [1.82, 2.24) is 14.8 Å². The second-order valence-electron chi connectivity index (χ2n) is 4.84. The van der Waals surface area contributed by atoms with Gasteiger partial charge >= 0.3 is 0 Å². The van der Waals surface area contributed by atoms with Gasteiger partial charge in [-0.25, -0.2) is 0 Å². The number of furan rings is 1. The maximum atomic E-state index is 12.2. The van der Waals surface area contributed by atoms with Crippen molar-refractivity contribution in [3.63, 3.8) is 0 Å². The number of aromatic nitrogens is 3.